The highest BCUT2D eigenvalue weighted by atomic mass is 19.4. The normalized spacial score (nSPS) is 12.4. The van der Waals surface area contributed by atoms with E-state index in [1.165, 1.54) is 12.1 Å². The summed E-state index contributed by atoms with van der Waals surface area (Å²) >= 11 is 0. The van der Waals surface area contributed by atoms with Crippen LogP contribution in [0.2, 0.25) is 0 Å². The zero-order valence-corrected chi connectivity index (χ0v) is 11.4. The van der Waals surface area contributed by atoms with Crippen LogP contribution in [0.5, 0.6) is 5.75 Å². The van der Waals surface area contributed by atoms with Crippen LogP contribution in [0.1, 0.15) is 43.6 Å². The van der Waals surface area contributed by atoms with Crippen molar-refractivity contribution in [2.45, 2.75) is 39.3 Å². The highest BCUT2D eigenvalue weighted by Gasteiger charge is 2.39. The maximum Gasteiger partial charge on any atom is 0.454 e. The van der Waals surface area contributed by atoms with E-state index in [1.807, 2.05) is 20.8 Å². The van der Waals surface area contributed by atoms with Crippen molar-refractivity contribution >= 4 is 5.78 Å². The van der Waals surface area contributed by atoms with Gasteiger partial charge in [0, 0.05) is 11.1 Å². The first kappa shape index (κ1) is 15.5. The van der Waals surface area contributed by atoms with Gasteiger partial charge in [-0.2, -0.15) is 13.2 Å². The third-order valence-electron chi connectivity index (χ3n) is 2.61. The van der Waals surface area contributed by atoms with Crippen LogP contribution in [-0.2, 0) is 5.41 Å². The van der Waals surface area contributed by atoms with Crippen molar-refractivity contribution in [2.24, 2.45) is 0 Å². The molecule has 0 aliphatic rings. The van der Waals surface area contributed by atoms with Crippen LogP contribution in [0.3, 0.4) is 0 Å². The molecule has 0 aliphatic carbocycles. The molecule has 0 saturated heterocycles. The number of benzene rings is 1. The van der Waals surface area contributed by atoms with Crippen molar-refractivity contribution < 1.29 is 22.7 Å². The summed E-state index contributed by atoms with van der Waals surface area (Å²) in [6.45, 7) is 7.77. The van der Waals surface area contributed by atoms with Crippen molar-refractivity contribution in [1.29, 1.82) is 0 Å². The summed E-state index contributed by atoms with van der Waals surface area (Å²) < 4.78 is 42.7. The summed E-state index contributed by atoms with van der Waals surface area (Å²) in [7, 11) is 0. The zero-order valence-electron chi connectivity index (χ0n) is 11.4. The lowest BCUT2D eigenvalue weighted by Crippen LogP contribution is -2.24. The first-order valence-corrected chi connectivity index (χ1v) is 5.96. The second-order valence-corrected chi connectivity index (χ2v) is 5.22. The molecule has 0 aromatic heterocycles. The van der Waals surface area contributed by atoms with Crippen molar-refractivity contribution in [3.63, 3.8) is 0 Å². The minimum absolute atomic E-state index is 0.360. The maximum absolute atomic E-state index is 12.4. The predicted molar refractivity (Wildman–Crippen MR) is 66.7 cm³/mol. The largest absolute Gasteiger partial charge is 0.494 e. The van der Waals surface area contributed by atoms with Gasteiger partial charge < -0.3 is 4.74 Å². The van der Waals surface area contributed by atoms with Crippen molar-refractivity contribution in [3.8, 4) is 5.75 Å². The number of carbonyl (C=O) groups excluding carboxylic acids is 1. The molecule has 1 aromatic carbocycles. The topological polar surface area (TPSA) is 26.3 Å². The Morgan fingerprint density at radius 3 is 2.21 bits per heavy atom. The average Bonchev–Trinajstić information content (AvgIpc) is 2.26. The summed E-state index contributed by atoms with van der Waals surface area (Å²) in [5.74, 6) is -1.32. The summed E-state index contributed by atoms with van der Waals surface area (Å²) in [6.07, 6.45) is -4.86. The number of carbonyl (C=O) groups is 1. The van der Waals surface area contributed by atoms with Crippen LogP contribution in [0.25, 0.3) is 0 Å². The van der Waals surface area contributed by atoms with E-state index in [2.05, 4.69) is 0 Å². The van der Waals surface area contributed by atoms with E-state index in [0.29, 0.717) is 17.9 Å². The second kappa shape index (κ2) is 5.23. The van der Waals surface area contributed by atoms with Gasteiger partial charge in [0.15, 0.2) is 0 Å². The van der Waals surface area contributed by atoms with E-state index in [0.717, 1.165) is 6.07 Å². The number of Topliss-reactive ketones (excluding diaryl/α,β-unsaturated/α-hetero) is 1. The molecule has 0 heterocycles. The Bertz CT molecular complexity index is 471. The number of hydrogen-bond donors (Lipinski definition) is 0. The molecule has 0 amide bonds. The van der Waals surface area contributed by atoms with E-state index in [1.54, 1.807) is 6.92 Å². The summed E-state index contributed by atoms with van der Waals surface area (Å²) in [5, 5.41) is 0. The van der Waals surface area contributed by atoms with Gasteiger partial charge in [-0.3, -0.25) is 4.79 Å². The van der Waals surface area contributed by atoms with Gasteiger partial charge in [0.25, 0.3) is 5.78 Å². The third-order valence-corrected chi connectivity index (χ3v) is 2.61. The lowest BCUT2D eigenvalue weighted by Gasteiger charge is -2.23. The number of halogens is 3. The molecule has 0 fully saturated rings. The number of hydrogen-bond acceptors (Lipinski definition) is 2. The van der Waals surface area contributed by atoms with Gasteiger partial charge in [-0.1, -0.05) is 20.8 Å². The van der Waals surface area contributed by atoms with Gasteiger partial charge in [0.05, 0.1) is 6.61 Å². The number of ketones is 1. The fraction of sp³-hybridized carbons (Fsp3) is 0.500. The molecule has 106 valence electrons. The molecule has 0 aliphatic heterocycles. The Labute approximate surface area is 110 Å². The molecule has 1 aromatic rings. The fourth-order valence-electron chi connectivity index (χ4n) is 1.70. The Morgan fingerprint density at radius 2 is 1.79 bits per heavy atom. The molecule has 0 saturated carbocycles. The molecule has 2 nitrogen and oxygen atoms in total. The second-order valence-electron chi connectivity index (χ2n) is 5.22. The van der Waals surface area contributed by atoms with Crippen LogP contribution in [-0.4, -0.2) is 18.6 Å². The summed E-state index contributed by atoms with van der Waals surface area (Å²) in [4.78, 5) is 11.2. The average molecular weight is 274 g/mol. The highest BCUT2D eigenvalue weighted by molar-refractivity contribution is 6.00. The van der Waals surface area contributed by atoms with E-state index in [4.69, 9.17) is 4.74 Å². The number of alkyl halides is 3. The highest BCUT2D eigenvalue weighted by Crippen LogP contribution is 2.33. The predicted octanol–water partition coefficient (Wildman–Crippen LogP) is 4.13. The van der Waals surface area contributed by atoms with Crippen molar-refractivity contribution in [2.75, 3.05) is 6.61 Å². The minimum atomic E-state index is -4.86. The first-order valence-electron chi connectivity index (χ1n) is 5.96. The van der Waals surface area contributed by atoms with Gasteiger partial charge in [-0.25, -0.2) is 0 Å². The van der Waals surface area contributed by atoms with Gasteiger partial charge >= 0.3 is 6.18 Å². The smallest absolute Gasteiger partial charge is 0.454 e. The zero-order chi connectivity index (χ0) is 14.8. The first-order chi connectivity index (χ1) is 8.57. The van der Waals surface area contributed by atoms with Crippen molar-refractivity contribution in [3.05, 3.63) is 29.3 Å². The third kappa shape index (κ3) is 3.72. The molecule has 0 atom stereocenters. The lowest BCUT2D eigenvalue weighted by molar-refractivity contribution is -0.0885. The van der Waals surface area contributed by atoms with E-state index >= 15 is 0 Å². The molecule has 0 radical (unpaired) electrons. The van der Waals surface area contributed by atoms with Gasteiger partial charge in [-0.05, 0) is 30.5 Å². The maximum atomic E-state index is 12.4. The molecule has 0 bridgehead atoms. The van der Waals surface area contributed by atoms with Crippen LogP contribution in [0, 0.1) is 0 Å². The van der Waals surface area contributed by atoms with E-state index in [-0.39, 0.29) is 5.56 Å². The Hall–Kier alpha value is -1.52. The number of ether oxygens (including phenoxy) is 1. The van der Waals surface area contributed by atoms with Gasteiger partial charge in [0.2, 0.25) is 0 Å². The van der Waals surface area contributed by atoms with E-state index < -0.39 is 17.4 Å². The van der Waals surface area contributed by atoms with Crippen LogP contribution in [0.15, 0.2) is 18.2 Å². The monoisotopic (exact) mass is 274 g/mol. The van der Waals surface area contributed by atoms with Crippen LogP contribution < -0.4 is 4.74 Å². The van der Waals surface area contributed by atoms with E-state index in [9.17, 15) is 18.0 Å². The molecule has 1 rings (SSSR count). The van der Waals surface area contributed by atoms with Gasteiger partial charge in [-0.15, -0.1) is 0 Å². The van der Waals surface area contributed by atoms with Crippen LogP contribution >= 0.6 is 0 Å². The van der Waals surface area contributed by atoms with Gasteiger partial charge in [0.1, 0.15) is 5.75 Å². The summed E-state index contributed by atoms with van der Waals surface area (Å²) in [5.41, 5.74) is -0.183. The van der Waals surface area contributed by atoms with Crippen LogP contribution in [0.4, 0.5) is 13.2 Å². The van der Waals surface area contributed by atoms with Crippen molar-refractivity contribution in [1.82, 2.24) is 0 Å². The molecule has 19 heavy (non-hydrogen) atoms. The molecule has 0 spiro atoms. The Morgan fingerprint density at radius 1 is 1.21 bits per heavy atom. The fourth-order valence-corrected chi connectivity index (χ4v) is 1.70. The SMILES string of the molecule is CCOc1ccc(C(=O)C(F)(F)F)cc1C(C)(C)C. The number of rotatable bonds is 3. The molecule has 5 heteroatoms. The molecule has 0 N–H and O–H groups in total. The quantitative estimate of drug-likeness (QED) is 0.775. The molecular weight excluding hydrogens is 257 g/mol. The summed E-state index contributed by atoms with van der Waals surface area (Å²) in [6, 6.07) is 3.83. The molecular formula is C14H17F3O2. The molecule has 0 unspecified atom stereocenters. The minimum Gasteiger partial charge on any atom is -0.494 e. The Kier molecular flexibility index (Phi) is 4.28. The lowest BCUT2D eigenvalue weighted by atomic mass is 9.85. The Balaban J connectivity index is 3.30. The standard InChI is InChI=1S/C14H17F3O2/c1-5-19-11-7-6-9(12(18)14(15,16)17)8-10(11)13(2,3)4/h6-8H,5H2,1-4H3.